The van der Waals surface area contributed by atoms with Gasteiger partial charge in [0, 0.05) is 37.9 Å². The lowest BCUT2D eigenvalue weighted by molar-refractivity contribution is 0.140. The van der Waals surface area contributed by atoms with E-state index < -0.39 is 0 Å². The molecule has 0 spiro atoms. The van der Waals surface area contributed by atoms with Crippen LogP contribution in [0.2, 0.25) is 0 Å². The lowest BCUT2D eigenvalue weighted by atomic mass is 10.2. The van der Waals surface area contributed by atoms with Crippen LogP contribution >= 0.6 is 0 Å². The smallest absolute Gasteiger partial charge is 0.321 e. The largest absolute Gasteiger partial charge is 0.493 e. The molecule has 0 unspecified atom stereocenters. The van der Waals surface area contributed by atoms with Crippen molar-refractivity contribution in [3.63, 3.8) is 0 Å². The Morgan fingerprint density at radius 3 is 2.45 bits per heavy atom. The van der Waals surface area contributed by atoms with E-state index in [0.717, 1.165) is 24.6 Å². The van der Waals surface area contributed by atoms with Gasteiger partial charge in [0.25, 0.3) is 0 Å². The monoisotopic (exact) mass is 423 g/mol. The van der Waals surface area contributed by atoms with Crippen LogP contribution < -0.4 is 14.8 Å². The normalized spacial score (nSPS) is 14.3. The van der Waals surface area contributed by atoms with Gasteiger partial charge in [0.05, 0.1) is 26.5 Å². The van der Waals surface area contributed by atoms with Crippen molar-refractivity contribution in [2.24, 2.45) is 0 Å². The molecule has 1 aliphatic heterocycles. The molecule has 2 aromatic carbocycles. The Morgan fingerprint density at radius 2 is 1.74 bits per heavy atom. The molecule has 1 saturated heterocycles. The number of ether oxygens (including phenoxy) is 2. The second-order valence-electron chi connectivity index (χ2n) is 7.11. The number of benzene rings is 2. The maximum atomic E-state index is 12.7. The van der Waals surface area contributed by atoms with E-state index in [-0.39, 0.29) is 6.03 Å². The van der Waals surface area contributed by atoms with E-state index in [2.05, 4.69) is 25.7 Å². The number of nitrogens with zero attached hydrogens (tertiary/aromatic N) is 6. The molecule has 2 heterocycles. The molecule has 31 heavy (non-hydrogen) atoms. The third kappa shape index (κ3) is 4.75. The van der Waals surface area contributed by atoms with Crippen LogP contribution in [-0.4, -0.2) is 76.4 Å². The number of methoxy groups -OCH3 is 2. The van der Waals surface area contributed by atoms with Crippen LogP contribution in [0.5, 0.6) is 11.5 Å². The maximum Gasteiger partial charge on any atom is 0.321 e. The van der Waals surface area contributed by atoms with Gasteiger partial charge in [-0.3, -0.25) is 4.90 Å². The van der Waals surface area contributed by atoms with Gasteiger partial charge in [-0.25, -0.2) is 4.79 Å². The summed E-state index contributed by atoms with van der Waals surface area (Å²) in [4.78, 5) is 16.7. The standard InChI is InChI=1S/C21H25N7O3/c1-30-18-9-8-16(14-19(18)31-2)22-21(29)27-12-10-26(11-13-27)15-20-23-24-25-28(20)17-6-4-3-5-7-17/h3-9,14H,10-13,15H2,1-2H3,(H,22,29). The van der Waals surface area contributed by atoms with Crippen LogP contribution in [0.25, 0.3) is 5.69 Å². The van der Waals surface area contributed by atoms with Crippen molar-refractivity contribution in [3.8, 4) is 17.2 Å². The predicted molar refractivity (Wildman–Crippen MR) is 115 cm³/mol. The van der Waals surface area contributed by atoms with Gasteiger partial charge in [0.1, 0.15) is 0 Å². The molecule has 10 nitrogen and oxygen atoms in total. The first-order valence-electron chi connectivity index (χ1n) is 10.0. The van der Waals surface area contributed by atoms with Crippen LogP contribution in [0.15, 0.2) is 48.5 Å². The second-order valence-corrected chi connectivity index (χ2v) is 7.11. The fourth-order valence-corrected chi connectivity index (χ4v) is 3.50. The number of rotatable bonds is 6. The van der Waals surface area contributed by atoms with Crippen molar-refractivity contribution in [3.05, 3.63) is 54.4 Å². The van der Waals surface area contributed by atoms with Gasteiger partial charge in [0.2, 0.25) is 0 Å². The molecule has 0 saturated carbocycles. The van der Waals surface area contributed by atoms with Crippen molar-refractivity contribution in [1.29, 1.82) is 0 Å². The molecule has 2 amide bonds. The number of carbonyl (C=O) groups excluding carboxylic acids is 1. The Morgan fingerprint density at radius 1 is 1.00 bits per heavy atom. The molecule has 4 rings (SSSR count). The molecular weight excluding hydrogens is 398 g/mol. The molecule has 162 valence electrons. The number of hydrogen-bond donors (Lipinski definition) is 1. The Bertz CT molecular complexity index is 1020. The fraction of sp³-hybridized carbons (Fsp3) is 0.333. The third-order valence-electron chi connectivity index (χ3n) is 5.19. The van der Waals surface area contributed by atoms with Crippen molar-refractivity contribution < 1.29 is 14.3 Å². The van der Waals surface area contributed by atoms with E-state index >= 15 is 0 Å². The summed E-state index contributed by atoms with van der Waals surface area (Å²) in [6, 6.07) is 15.0. The fourth-order valence-electron chi connectivity index (χ4n) is 3.50. The van der Waals surface area contributed by atoms with E-state index in [1.807, 2.05) is 30.3 Å². The minimum Gasteiger partial charge on any atom is -0.493 e. The van der Waals surface area contributed by atoms with Crippen LogP contribution in [-0.2, 0) is 6.54 Å². The minimum absolute atomic E-state index is 0.138. The summed E-state index contributed by atoms with van der Waals surface area (Å²) >= 11 is 0. The van der Waals surface area contributed by atoms with Gasteiger partial charge in [0.15, 0.2) is 17.3 Å². The molecule has 0 radical (unpaired) electrons. The molecule has 1 N–H and O–H groups in total. The van der Waals surface area contributed by atoms with Crippen LogP contribution in [0.1, 0.15) is 5.82 Å². The SMILES string of the molecule is COc1ccc(NC(=O)N2CCN(Cc3nnnn3-c3ccccc3)CC2)cc1OC. The average molecular weight is 423 g/mol. The van der Waals surface area contributed by atoms with E-state index in [0.29, 0.717) is 36.8 Å². The van der Waals surface area contributed by atoms with Crippen LogP contribution in [0, 0.1) is 0 Å². The molecule has 0 aliphatic carbocycles. The highest BCUT2D eigenvalue weighted by atomic mass is 16.5. The highest BCUT2D eigenvalue weighted by Crippen LogP contribution is 2.29. The molecule has 0 atom stereocenters. The van der Waals surface area contributed by atoms with Crippen molar-refractivity contribution in [2.75, 3.05) is 45.7 Å². The predicted octanol–water partition coefficient (Wildman–Crippen LogP) is 2.03. The molecule has 10 heteroatoms. The first-order valence-corrected chi connectivity index (χ1v) is 10.0. The first-order chi connectivity index (χ1) is 15.2. The van der Waals surface area contributed by atoms with E-state index in [4.69, 9.17) is 9.47 Å². The summed E-state index contributed by atoms with van der Waals surface area (Å²) in [5.41, 5.74) is 1.59. The molecule has 0 bridgehead atoms. The number of aromatic nitrogens is 4. The van der Waals surface area contributed by atoms with Crippen LogP contribution in [0.4, 0.5) is 10.5 Å². The van der Waals surface area contributed by atoms with Crippen molar-refractivity contribution in [1.82, 2.24) is 30.0 Å². The number of carbonyl (C=O) groups is 1. The number of nitrogens with one attached hydrogen (secondary N) is 1. The Labute approximate surface area is 180 Å². The van der Waals surface area contributed by atoms with Crippen LogP contribution in [0.3, 0.4) is 0 Å². The highest BCUT2D eigenvalue weighted by molar-refractivity contribution is 5.89. The quantitative estimate of drug-likeness (QED) is 0.648. The summed E-state index contributed by atoms with van der Waals surface area (Å²) in [6.45, 7) is 3.33. The number of hydrogen-bond acceptors (Lipinski definition) is 7. The van der Waals surface area contributed by atoms with Crippen molar-refractivity contribution >= 4 is 11.7 Å². The molecule has 1 aliphatic rings. The Hall–Kier alpha value is -3.66. The number of amides is 2. The summed E-state index contributed by atoms with van der Waals surface area (Å²) < 4.78 is 12.3. The zero-order valence-electron chi connectivity index (χ0n) is 17.6. The molecule has 3 aromatic rings. The van der Waals surface area contributed by atoms with Gasteiger partial charge in [-0.15, -0.1) is 5.10 Å². The zero-order valence-corrected chi connectivity index (χ0v) is 17.6. The Balaban J connectivity index is 1.32. The number of anilines is 1. The second kappa shape index (κ2) is 9.43. The highest BCUT2D eigenvalue weighted by Gasteiger charge is 2.23. The number of piperazine rings is 1. The van der Waals surface area contributed by atoms with Gasteiger partial charge in [-0.05, 0) is 34.7 Å². The summed E-state index contributed by atoms with van der Waals surface area (Å²) in [6.07, 6.45) is 0. The Kier molecular flexibility index (Phi) is 6.27. The van der Waals surface area contributed by atoms with E-state index in [1.165, 1.54) is 0 Å². The summed E-state index contributed by atoms with van der Waals surface area (Å²) in [5.74, 6) is 1.96. The summed E-state index contributed by atoms with van der Waals surface area (Å²) in [7, 11) is 3.14. The average Bonchev–Trinajstić information content (AvgIpc) is 3.28. The third-order valence-corrected chi connectivity index (χ3v) is 5.19. The van der Waals surface area contributed by atoms with Gasteiger partial charge in [-0.1, -0.05) is 18.2 Å². The first kappa shape index (κ1) is 20.6. The number of tetrazole rings is 1. The molecule has 1 aromatic heterocycles. The summed E-state index contributed by atoms with van der Waals surface area (Å²) in [5, 5.41) is 15.0. The lowest BCUT2D eigenvalue weighted by Gasteiger charge is -2.34. The molecule has 1 fully saturated rings. The zero-order chi connectivity index (χ0) is 21.6. The van der Waals surface area contributed by atoms with Gasteiger partial charge in [-0.2, -0.15) is 4.68 Å². The molecular formula is C21H25N7O3. The van der Waals surface area contributed by atoms with Gasteiger partial charge < -0.3 is 19.7 Å². The van der Waals surface area contributed by atoms with E-state index in [1.54, 1.807) is 42.0 Å². The topological polar surface area (TPSA) is 97.6 Å². The minimum atomic E-state index is -0.138. The maximum absolute atomic E-state index is 12.7. The van der Waals surface area contributed by atoms with E-state index in [9.17, 15) is 4.79 Å². The lowest BCUT2D eigenvalue weighted by Crippen LogP contribution is -2.49. The number of para-hydroxylation sites is 1. The number of urea groups is 1. The van der Waals surface area contributed by atoms with Crippen molar-refractivity contribution in [2.45, 2.75) is 6.54 Å². The van der Waals surface area contributed by atoms with Gasteiger partial charge >= 0.3 is 6.03 Å².